The van der Waals surface area contributed by atoms with Crippen molar-refractivity contribution in [3.05, 3.63) is 34.6 Å². The predicted octanol–water partition coefficient (Wildman–Crippen LogP) is 2.11. The highest BCUT2D eigenvalue weighted by molar-refractivity contribution is 5.89. The lowest BCUT2D eigenvalue weighted by molar-refractivity contribution is 0.0695. The van der Waals surface area contributed by atoms with Crippen LogP contribution in [0.15, 0.2) is 12.1 Å². The maximum absolute atomic E-state index is 13.5. The number of hydrogen-bond donors (Lipinski definition) is 2. The van der Waals surface area contributed by atoms with Crippen LogP contribution in [0.4, 0.5) is 4.39 Å². The third-order valence-corrected chi connectivity index (χ3v) is 2.29. The van der Waals surface area contributed by atoms with Gasteiger partial charge in [0.15, 0.2) is 0 Å². The molecule has 0 radical (unpaired) electrons. The van der Waals surface area contributed by atoms with Gasteiger partial charge in [0.05, 0.1) is 5.56 Å². The Morgan fingerprint density at radius 1 is 1.50 bits per heavy atom. The van der Waals surface area contributed by atoms with Gasteiger partial charge in [-0.1, -0.05) is 0 Å². The van der Waals surface area contributed by atoms with Crippen LogP contribution in [-0.2, 0) is 6.42 Å². The van der Waals surface area contributed by atoms with Crippen LogP contribution in [0.25, 0.3) is 0 Å². The Morgan fingerprint density at radius 2 is 2.06 bits per heavy atom. The van der Waals surface area contributed by atoms with Crippen molar-refractivity contribution in [3.8, 4) is 0 Å². The van der Waals surface area contributed by atoms with E-state index in [1.165, 1.54) is 19.1 Å². The van der Waals surface area contributed by atoms with E-state index < -0.39 is 17.3 Å². The minimum atomic E-state index is -1.12. The molecule has 4 heteroatoms. The summed E-state index contributed by atoms with van der Waals surface area (Å²) >= 11 is 0. The van der Waals surface area contributed by atoms with E-state index in [1.807, 2.05) is 13.8 Å². The largest absolute Gasteiger partial charge is 0.478 e. The number of halogens is 1. The molecule has 0 heterocycles. The van der Waals surface area contributed by atoms with Gasteiger partial charge in [0.25, 0.3) is 0 Å². The second-order valence-electron chi connectivity index (χ2n) is 4.72. The highest BCUT2D eigenvalue weighted by Gasteiger charge is 2.17. The Hall–Kier alpha value is -1.42. The van der Waals surface area contributed by atoms with Crippen molar-refractivity contribution in [2.24, 2.45) is 5.73 Å². The first-order valence-electron chi connectivity index (χ1n) is 5.02. The first-order valence-corrected chi connectivity index (χ1v) is 5.02. The fourth-order valence-corrected chi connectivity index (χ4v) is 1.59. The molecule has 0 atom stereocenters. The summed E-state index contributed by atoms with van der Waals surface area (Å²) in [6, 6.07) is 2.83. The molecule has 88 valence electrons. The number of carboxylic acids is 1. The molecule has 0 saturated carbocycles. The van der Waals surface area contributed by atoms with Crippen LogP contribution in [0, 0.1) is 12.7 Å². The third-order valence-electron chi connectivity index (χ3n) is 2.29. The zero-order valence-electron chi connectivity index (χ0n) is 9.67. The van der Waals surface area contributed by atoms with Gasteiger partial charge in [-0.25, -0.2) is 9.18 Å². The number of hydrogen-bond acceptors (Lipinski definition) is 2. The van der Waals surface area contributed by atoms with Crippen LogP contribution in [0.5, 0.6) is 0 Å². The number of aromatic carboxylic acids is 1. The average Bonchev–Trinajstić information content (AvgIpc) is 2.07. The van der Waals surface area contributed by atoms with Crippen LogP contribution in [0.3, 0.4) is 0 Å². The molecule has 0 spiro atoms. The maximum Gasteiger partial charge on any atom is 0.336 e. The Morgan fingerprint density at radius 3 is 2.50 bits per heavy atom. The molecule has 1 rings (SSSR count). The standard InChI is InChI=1S/C12H16FNO2/c1-7-9(11(15)16)4-8(5-10(7)13)6-12(2,3)14/h4-5H,6,14H2,1-3H3,(H,15,16). The number of rotatable bonds is 3. The van der Waals surface area contributed by atoms with Crippen LogP contribution in [0.2, 0.25) is 0 Å². The minimum Gasteiger partial charge on any atom is -0.478 e. The summed E-state index contributed by atoms with van der Waals surface area (Å²) in [6.45, 7) is 5.08. The van der Waals surface area contributed by atoms with Crippen molar-refractivity contribution in [3.63, 3.8) is 0 Å². The van der Waals surface area contributed by atoms with E-state index in [1.54, 1.807) is 0 Å². The third kappa shape index (κ3) is 3.03. The summed E-state index contributed by atoms with van der Waals surface area (Å²) in [4.78, 5) is 10.9. The molecule has 1 aromatic carbocycles. The van der Waals surface area contributed by atoms with Gasteiger partial charge in [-0.3, -0.25) is 0 Å². The molecule has 0 amide bonds. The predicted molar refractivity (Wildman–Crippen MR) is 60.1 cm³/mol. The quantitative estimate of drug-likeness (QED) is 0.828. The van der Waals surface area contributed by atoms with Gasteiger partial charge in [-0.15, -0.1) is 0 Å². The summed E-state index contributed by atoms with van der Waals surface area (Å²) in [6.07, 6.45) is 0.435. The molecule has 0 aliphatic carbocycles. The first-order chi connectivity index (χ1) is 7.20. The molecule has 16 heavy (non-hydrogen) atoms. The molecule has 0 saturated heterocycles. The molecule has 0 bridgehead atoms. The Labute approximate surface area is 94.1 Å². The number of carboxylic acid groups (broad SMARTS) is 1. The van der Waals surface area contributed by atoms with Crippen LogP contribution in [0.1, 0.15) is 35.3 Å². The molecule has 3 nitrogen and oxygen atoms in total. The van der Waals surface area contributed by atoms with E-state index in [4.69, 9.17) is 10.8 Å². The second-order valence-corrected chi connectivity index (χ2v) is 4.72. The van der Waals surface area contributed by atoms with Crippen molar-refractivity contribution in [2.45, 2.75) is 32.7 Å². The molecule has 0 aromatic heterocycles. The SMILES string of the molecule is Cc1c(F)cc(CC(C)(C)N)cc1C(=O)O. The molecular weight excluding hydrogens is 209 g/mol. The molecular formula is C12H16FNO2. The van der Waals surface area contributed by atoms with Crippen molar-refractivity contribution < 1.29 is 14.3 Å². The smallest absolute Gasteiger partial charge is 0.336 e. The van der Waals surface area contributed by atoms with Crippen molar-refractivity contribution in [2.75, 3.05) is 0 Å². The van der Waals surface area contributed by atoms with Crippen LogP contribution >= 0.6 is 0 Å². The van der Waals surface area contributed by atoms with Gasteiger partial charge in [0.1, 0.15) is 5.82 Å². The highest BCUT2D eigenvalue weighted by Crippen LogP contribution is 2.19. The molecule has 0 aliphatic heterocycles. The van der Waals surface area contributed by atoms with E-state index in [-0.39, 0.29) is 11.1 Å². The zero-order chi connectivity index (χ0) is 12.5. The van der Waals surface area contributed by atoms with E-state index >= 15 is 0 Å². The van der Waals surface area contributed by atoms with E-state index in [9.17, 15) is 9.18 Å². The minimum absolute atomic E-state index is 0.000694. The lowest BCUT2D eigenvalue weighted by Gasteiger charge is -2.19. The number of carbonyl (C=O) groups is 1. The molecule has 3 N–H and O–H groups in total. The van der Waals surface area contributed by atoms with Crippen molar-refractivity contribution in [1.82, 2.24) is 0 Å². The fourth-order valence-electron chi connectivity index (χ4n) is 1.59. The summed E-state index contributed by atoms with van der Waals surface area (Å²) in [7, 11) is 0. The van der Waals surface area contributed by atoms with Crippen LogP contribution in [-0.4, -0.2) is 16.6 Å². The number of nitrogens with two attached hydrogens (primary N) is 1. The van der Waals surface area contributed by atoms with E-state index in [0.29, 0.717) is 12.0 Å². The summed E-state index contributed by atoms with van der Waals surface area (Å²) < 4.78 is 13.5. The molecule has 0 aliphatic rings. The van der Waals surface area contributed by atoms with Gasteiger partial charge in [-0.05, 0) is 50.5 Å². The Bertz CT molecular complexity index is 422. The van der Waals surface area contributed by atoms with Gasteiger partial charge in [-0.2, -0.15) is 0 Å². The molecule has 0 fully saturated rings. The monoisotopic (exact) mass is 225 g/mol. The summed E-state index contributed by atoms with van der Waals surface area (Å²) in [5, 5.41) is 8.91. The maximum atomic E-state index is 13.5. The van der Waals surface area contributed by atoms with Gasteiger partial charge in [0.2, 0.25) is 0 Å². The van der Waals surface area contributed by atoms with E-state index in [2.05, 4.69) is 0 Å². The van der Waals surface area contributed by atoms with Crippen LogP contribution < -0.4 is 5.73 Å². The normalized spacial score (nSPS) is 11.6. The summed E-state index contributed by atoms with van der Waals surface area (Å²) in [5.74, 6) is -1.62. The van der Waals surface area contributed by atoms with Gasteiger partial charge >= 0.3 is 5.97 Å². The summed E-state index contributed by atoms with van der Waals surface area (Å²) in [5.41, 5.74) is 6.09. The first kappa shape index (κ1) is 12.6. The zero-order valence-corrected chi connectivity index (χ0v) is 9.67. The highest BCUT2D eigenvalue weighted by atomic mass is 19.1. The average molecular weight is 225 g/mol. The van der Waals surface area contributed by atoms with Crippen molar-refractivity contribution in [1.29, 1.82) is 0 Å². The fraction of sp³-hybridized carbons (Fsp3) is 0.417. The molecule has 0 unspecified atom stereocenters. The van der Waals surface area contributed by atoms with Gasteiger partial charge in [0, 0.05) is 5.54 Å². The number of benzene rings is 1. The topological polar surface area (TPSA) is 63.3 Å². The Balaban J connectivity index is 3.19. The lowest BCUT2D eigenvalue weighted by Crippen LogP contribution is -2.34. The van der Waals surface area contributed by atoms with Crippen molar-refractivity contribution >= 4 is 5.97 Å². The second kappa shape index (κ2) is 4.22. The lowest BCUT2D eigenvalue weighted by atomic mass is 9.93. The molecule has 1 aromatic rings. The Kier molecular flexibility index (Phi) is 3.33. The van der Waals surface area contributed by atoms with E-state index in [0.717, 1.165) is 0 Å². The van der Waals surface area contributed by atoms with Gasteiger partial charge < -0.3 is 10.8 Å².